The number of imidazole rings is 1. The number of benzene rings is 1. The van der Waals surface area contributed by atoms with Crippen LogP contribution in [0.4, 0.5) is 0 Å². The van der Waals surface area contributed by atoms with Gasteiger partial charge in [-0.15, -0.1) is 0 Å². The quantitative estimate of drug-likeness (QED) is 0.554. The maximum absolute atomic E-state index is 12.6. The van der Waals surface area contributed by atoms with Crippen molar-refractivity contribution in [3.8, 4) is 17.2 Å². The Labute approximate surface area is 178 Å². The molecule has 2 aromatic heterocycles. The number of H-pyrrole nitrogens is 3. The molecule has 0 aliphatic rings. The lowest BCUT2D eigenvalue weighted by Crippen LogP contribution is -2.46. The molecule has 0 unspecified atom stereocenters. The molecule has 2 heterocycles. The molecule has 31 heavy (non-hydrogen) atoms. The monoisotopic (exact) mass is 426 g/mol. The van der Waals surface area contributed by atoms with Crippen molar-refractivity contribution in [2.24, 2.45) is 0 Å². The highest BCUT2D eigenvalue weighted by Gasteiger charge is 2.19. The molecule has 0 aliphatic heterocycles. The second-order valence-corrected chi connectivity index (χ2v) is 7.90. The summed E-state index contributed by atoms with van der Waals surface area (Å²) >= 11 is 0. The summed E-state index contributed by atoms with van der Waals surface area (Å²) in [5, 5.41) is 0.208. The van der Waals surface area contributed by atoms with Crippen LogP contribution < -0.4 is 36.0 Å². The van der Waals surface area contributed by atoms with E-state index in [9.17, 15) is 9.59 Å². The van der Waals surface area contributed by atoms with Crippen LogP contribution in [0.3, 0.4) is 0 Å². The van der Waals surface area contributed by atoms with Crippen LogP contribution in [0.2, 0.25) is 0 Å². The van der Waals surface area contributed by atoms with Crippen LogP contribution in [-0.4, -0.2) is 41.3 Å². The zero-order chi connectivity index (χ0) is 22.8. The molecule has 3 aromatic rings. The van der Waals surface area contributed by atoms with Crippen molar-refractivity contribution in [2.75, 3.05) is 21.3 Å². The fourth-order valence-corrected chi connectivity index (χ4v) is 3.20. The average Bonchev–Trinajstić information content (AvgIpc) is 3.19. The lowest BCUT2D eigenvalue weighted by Gasteiger charge is -2.16. The third kappa shape index (κ3) is 4.55. The van der Waals surface area contributed by atoms with Gasteiger partial charge in [0.2, 0.25) is 5.75 Å². The molecule has 0 fully saturated rings. The summed E-state index contributed by atoms with van der Waals surface area (Å²) in [6, 6.07) is 3.36. The largest absolute Gasteiger partial charge is 0.493 e. The predicted octanol–water partition coefficient (Wildman–Crippen LogP) is 0.767. The van der Waals surface area contributed by atoms with Gasteiger partial charge in [0.05, 0.1) is 33.4 Å². The van der Waals surface area contributed by atoms with Crippen molar-refractivity contribution < 1.29 is 14.2 Å². The van der Waals surface area contributed by atoms with E-state index in [4.69, 9.17) is 14.2 Å². The Hall–Kier alpha value is -3.75. The molecule has 0 bridgehead atoms. The molecule has 9 nitrogen and oxygen atoms in total. The van der Waals surface area contributed by atoms with Crippen LogP contribution >= 0.6 is 0 Å². The minimum atomic E-state index is -0.451. The maximum atomic E-state index is 12.6. The highest BCUT2D eigenvalue weighted by atomic mass is 16.5. The van der Waals surface area contributed by atoms with E-state index in [2.05, 4.69) is 19.9 Å². The van der Waals surface area contributed by atoms with Crippen LogP contribution in [0, 0.1) is 0 Å². The molecule has 3 rings (SSSR count). The lowest BCUT2D eigenvalue weighted by molar-refractivity contribution is 0.324. The summed E-state index contributed by atoms with van der Waals surface area (Å²) < 4.78 is 16.0. The molecule has 0 amide bonds. The Kier molecular flexibility index (Phi) is 6.05. The lowest BCUT2D eigenvalue weighted by atomic mass is 9.90. The topological polar surface area (TPSA) is 122 Å². The summed E-state index contributed by atoms with van der Waals surface area (Å²) in [6.45, 7) is 6.08. The third-order valence-corrected chi connectivity index (χ3v) is 4.68. The number of ether oxygens (including phenoxy) is 3. The first-order valence-electron chi connectivity index (χ1n) is 9.58. The van der Waals surface area contributed by atoms with Gasteiger partial charge in [0.1, 0.15) is 10.7 Å². The van der Waals surface area contributed by atoms with Crippen molar-refractivity contribution >= 4 is 12.2 Å². The van der Waals surface area contributed by atoms with Gasteiger partial charge < -0.3 is 29.2 Å². The molecule has 9 heteroatoms. The normalized spacial score (nSPS) is 12.8. The number of methoxy groups -OCH3 is 3. The van der Waals surface area contributed by atoms with Gasteiger partial charge >= 0.3 is 0 Å². The van der Waals surface area contributed by atoms with Gasteiger partial charge in [0, 0.05) is 11.1 Å². The minimum absolute atomic E-state index is 0.0921. The molecule has 1 aromatic carbocycles. The second-order valence-electron chi connectivity index (χ2n) is 7.90. The van der Waals surface area contributed by atoms with Gasteiger partial charge in [-0.2, -0.15) is 0 Å². The van der Waals surface area contributed by atoms with E-state index in [0.29, 0.717) is 28.5 Å². The Morgan fingerprint density at radius 2 is 1.42 bits per heavy atom. The molecule has 0 atom stereocenters. The van der Waals surface area contributed by atoms with Crippen LogP contribution in [0.15, 0.2) is 28.0 Å². The zero-order valence-electron chi connectivity index (χ0n) is 18.4. The smallest absolute Gasteiger partial charge is 0.272 e. The molecule has 3 N–H and O–H groups in total. The first-order valence-corrected chi connectivity index (χ1v) is 9.58. The Balaban J connectivity index is 2.14. The molecule has 0 saturated heterocycles. The first-order chi connectivity index (χ1) is 14.7. The second kappa shape index (κ2) is 8.55. The van der Waals surface area contributed by atoms with Crippen LogP contribution in [0.25, 0.3) is 12.2 Å². The number of hydrogen-bond donors (Lipinski definition) is 3. The zero-order valence-corrected chi connectivity index (χ0v) is 18.4. The first kappa shape index (κ1) is 21.9. The van der Waals surface area contributed by atoms with E-state index >= 15 is 0 Å². The number of rotatable bonds is 5. The number of aromatic nitrogens is 4. The van der Waals surface area contributed by atoms with E-state index in [0.717, 1.165) is 5.69 Å². The van der Waals surface area contributed by atoms with Crippen LogP contribution in [0.5, 0.6) is 17.2 Å². The summed E-state index contributed by atoms with van der Waals surface area (Å²) in [6.07, 6.45) is 4.65. The molecular weight excluding hydrogens is 400 g/mol. The van der Waals surface area contributed by atoms with Crippen molar-refractivity contribution in [1.29, 1.82) is 0 Å². The Morgan fingerprint density at radius 3 is 1.90 bits per heavy atom. The summed E-state index contributed by atoms with van der Waals surface area (Å²) in [5.41, 5.74) is 0.953. The van der Waals surface area contributed by atoms with Crippen molar-refractivity contribution in [1.82, 2.24) is 19.9 Å². The molecule has 0 aliphatic carbocycles. The van der Waals surface area contributed by atoms with Gasteiger partial charge in [0.15, 0.2) is 11.5 Å². The van der Waals surface area contributed by atoms with Crippen molar-refractivity contribution in [3.05, 3.63) is 66.8 Å². The summed E-state index contributed by atoms with van der Waals surface area (Å²) in [4.78, 5) is 37.9. The van der Waals surface area contributed by atoms with Gasteiger partial charge in [-0.05, 0) is 29.8 Å². The minimum Gasteiger partial charge on any atom is -0.493 e. The molecule has 0 spiro atoms. The summed E-state index contributed by atoms with van der Waals surface area (Å²) in [7, 11) is 4.51. The number of nitrogens with zero attached hydrogens (tertiary/aromatic N) is 1. The number of aromatic amines is 3. The standard InChI is InChI=1S/C22H26N4O5/c1-22(2,3)19-13(23-11-24-19)10-15-21(28)25-14(20(27)26-15)7-12-8-16(29-4)18(31-6)17(9-12)30-5/h7-11H,1-6H3,(H,23,24)(H,25,28)(H,26,27)/b14-7-,15-10-. The van der Waals surface area contributed by atoms with Gasteiger partial charge in [-0.25, -0.2) is 4.98 Å². The average molecular weight is 426 g/mol. The van der Waals surface area contributed by atoms with Gasteiger partial charge in [-0.1, -0.05) is 20.8 Å². The molecule has 0 radical (unpaired) electrons. The summed E-state index contributed by atoms with van der Waals surface area (Å²) in [5.74, 6) is 1.30. The van der Waals surface area contributed by atoms with Crippen LogP contribution in [0.1, 0.15) is 37.7 Å². The third-order valence-electron chi connectivity index (χ3n) is 4.68. The SMILES string of the molecule is COc1cc(/C=c2\[nH]c(=O)/c(=C/c3nc[nH]c3C(C)(C)C)[nH]c2=O)cc(OC)c1OC. The Morgan fingerprint density at radius 1 is 0.871 bits per heavy atom. The maximum Gasteiger partial charge on any atom is 0.272 e. The van der Waals surface area contributed by atoms with E-state index in [-0.39, 0.29) is 16.1 Å². The van der Waals surface area contributed by atoms with Crippen molar-refractivity contribution in [2.45, 2.75) is 26.2 Å². The molecule has 164 valence electrons. The van der Waals surface area contributed by atoms with E-state index in [1.165, 1.54) is 27.4 Å². The molecule has 0 saturated carbocycles. The predicted molar refractivity (Wildman–Crippen MR) is 117 cm³/mol. The Bertz CT molecular complexity index is 1300. The van der Waals surface area contributed by atoms with Gasteiger partial charge in [0.25, 0.3) is 11.1 Å². The fraction of sp³-hybridized carbons (Fsp3) is 0.318. The number of hydrogen-bond acceptors (Lipinski definition) is 6. The highest BCUT2D eigenvalue weighted by Crippen LogP contribution is 2.38. The number of nitrogens with one attached hydrogen (secondary N) is 3. The van der Waals surface area contributed by atoms with E-state index in [1.807, 2.05) is 20.8 Å². The highest BCUT2D eigenvalue weighted by molar-refractivity contribution is 5.61. The molecular formula is C22H26N4O5. The van der Waals surface area contributed by atoms with E-state index in [1.54, 1.807) is 24.5 Å². The van der Waals surface area contributed by atoms with Gasteiger partial charge in [-0.3, -0.25) is 9.59 Å². The van der Waals surface area contributed by atoms with E-state index < -0.39 is 11.1 Å². The van der Waals surface area contributed by atoms with Crippen molar-refractivity contribution in [3.63, 3.8) is 0 Å². The van der Waals surface area contributed by atoms with Crippen LogP contribution in [-0.2, 0) is 5.41 Å². The fourth-order valence-electron chi connectivity index (χ4n) is 3.20.